The Morgan fingerprint density at radius 2 is 1.88 bits per heavy atom. The van der Waals surface area contributed by atoms with Gasteiger partial charge in [-0.1, -0.05) is 20.3 Å². The molecular weight excluding hydrogens is 204 g/mol. The van der Waals surface area contributed by atoms with Gasteiger partial charge in [0.1, 0.15) is 5.78 Å². The molecule has 0 aromatic carbocycles. The van der Waals surface area contributed by atoms with Crippen LogP contribution in [0, 0.1) is 16.7 Å². The number of rotatable bonds is 1. The average Bonchev–Trinajstić information content (AvgIpc) is 2.77. The van der Waals surface area contributed by atoms with Crippen molar-refractivity contribution in [3.63, 3.8) is 0 Å². The van der Waals surface area contributed by atoms with Gasteiger partial charge in [0, 0.05) is 17.3 Å². The van der Waals surface area contributed by atoms with E-state index in [-0.39, 0.29) is 17.1 Å². The SMILES string of the molecule is C[C@]12CCC[C@](C)(C3OCCO3)[C@H]1CC2=O. The molecule has 3 atom stereocenters. The highest BCUT2D eigenvalue weighted by Crippen LogP contribution is 2.62. The van der Waals surface area contributed by atoms with Crippen LogP contribution in [0.3, 0.4) is 0 Å². The zero-order valence-electron chi connectivity index (χ0n) is 10.1. The summed E-state index contributed by atoms with van der Waals surface area (Å²) >= 11 is 0. The molecule has 1 heterocycles. The topological polar surface area (TPSA) is 35.5 Å². The quantitative estimate of drug-likeness (QED) is 0.684. The van der Waals surface area contributed by atoms with E-state index in [0.29, 0.717) is 24.9 Å². The fourth-order valence-corrected chi connectivity index (χ4v) is 4.01. The van der Waals surface area contributed by atoms with Crippen molar-refractivity contribution >= 4 is 5.78 Å². The molecule has 16 heavy (non-hydrogen) atoms. The van der Waals surface area contributed by atoms with E-state index in [9.17, 15) is 4.79 Å². The molecule has 3 aliphatic rings. The smallest absolute Gasteiger partial charge is 0.163 e. The number of carbonyl (C=O) groups is 1. The Bertz CT molecular complexity index is 321. The van der Waals surface area contributed by atoms with Crippen LogP contribution in [0.5, 0.6) is 0 Å². The molecule has 1 aliphatic heterocycles. The second-order valence-electron chi connectivity index (χ2n) is 6.03. The van der Waals surface area contributed by atoms with E-state index in [2.05, 4.69) is 13.8 Å². The second kappa shape index (κ2) is 3.30. The third-order valence-corrected chi connectivity index (χ3v) is 5.16. The van der Waals surface area contributed by atoms with E-state index in [4.69, 9.17) is 9.47 Å². The van der Waals surface area contributed by atoms with Crippen molar-refractivity contribution in [1.29, 1.82) is 0 Å². The molecule has 3 heteroatoms. The zero-order valence-corrected chi connectivity index (χ0v) is 10.1. The first-order chi connectivity index (χ1) is 7.57. The minimum atomic E-state index is -0.0810. The highest BCUT2D eigenvalue weighted by molar-refractivity contribution is 5.91. The summed E-state index contributed by atoms with van der Waals surface area (Å²) in [6.07, 6.45) is 3.96. The van der Waals surface area contributed by atoms with Crippen molar-refractivity contribution in [3.05, 3.63) is 0 Å². The van der Waals surface area contributed by atoms with Crippen LogP contribution in [0.2, 0.25) is 0 Å². The first-order valence-corrected chi connectivity index (χ1v) is 6.34. The van der Waals surface area contributed by atoms with Crippen LogP contribution in [0.15, 0.2) is 0 Å². The number of ketones is 1. The van der Waals surface area contributed by atoms with E-state index in [1.807, 2.05) is 0 Å². The van der Waals surface area contributed by atoms with Crippen LogP contribution >= 0.6 is 0 Å². The molecular formula is C13H20O3. The highest BCUT2D eigenvalue weighted by atomic mass is 16.7. The Kier molecular flexibility index (Phi) is 2.21. The van der Waals surface area contributed by atoms with Crippen LogP contribution in [0.25, 0.3) is 0 Å². The maximum atomic E-state index is 11.8. The third-order valence-electron chi connectivity index (χ3n) is 5.16. The predicted octanol–water partition coefficient (Wildman–Crippen LogP) is 2.14. The summed E-state index contributed by atoms with van der Waals surface area (Å²) in [5, 5.41) is 0. The molecule has 0 radical (unpaired) electrons. The van der Waals surface area contributed by atoms with Crippen LogP contribution in [0.4, 0.5) is 0 Å². The van der Waals surface area contributed by atoms with Gasteiger partial charge in [0.15, 0.2) is 6.29 Å². The number of hydrogen-bond donors (Lipinski definition) is 0. The molecule has 90 valence electrons. The summed E-state index contributed by atoms with van der Waals surface area (Å²) in [7, 11) is 0. The van der Waals surface area contributed by atoms with Crippen LogP contribution < -0.4 is 0 Å². The van der Waals surface area contributed by atoms with Gasteiger partial charge in [-0.05, 0) is 18.8 Å². The third kappa shape index (κ3) is 1.19. The van der Waals surface area contributed by atoms with Crippen LogP contribution in [-0.2, 0) is 14.3 Å². The molecule has 0 aromatic heterocycles. The van der Waals surface area contributed by atoms with Gasteiger partial charge in [-0.2, -0.15) is 0 Å². The minimum absolute atomic E-state index is 0.0530. The average molecular weight is 224 g/mol. The number of fused-ring (bicyclic) bond motifs is 1. The summed E-state index contributed by atoms with van der Waals surface area (Å²) in [6.45, 7) is 5.79. The first-order valence-electron chi connectivity index (χ1n) is 6.34. The molecule has 0 aromatic rings. The lowest BCUT2D eigenvalue weighted by Crippen LogP contribution is -2.60. The lowest BCUT2D eigenvalue weighted by atomic mass is 9.45. The Morgan fingerprint density at radius 3 is 2.50 bits per heavy atom. The molecule has 3 nitrogen and oxygen atoms in total. The van der Waals surface area contributed by atoms with Crippen molar-refractivity contribution in [2.24, 2.45) is 16.7 Å². The fraction of sp³-hybridized carbons (Fsp3) is 0.923. The molecule has 2 saturated carbocycles. The molecule has 1 saturated heterocycles. The molecule has 2 aliphatic carbocycles. The summed E-state index contributed by atoms with van der Waals surface area (Å²) in [5.74, 6) is 0.908. The fourth-order valence-electron chi connectivity index (χ4n) is 4.01. The van der Waals surface area contributed by atoms with Crippen LogP contribution in [-0.4, -0.2) is 25.3 Å². The van der Waals surface area contributed by atoms with Crippen molar-refractivity contribution in [3.8, 4) is 0 Å². The lowest BCUT2D eigenvalue weighted by Gasteiger charge is -2.58. The minimum Gasteiger partial charge on any atom is -0.350 e. The molecule has 0 amide bonds. The van der Waals surface area contributed by atoms with E-state index < -0.39 is 0 Å². The largest absolute Gasteiger partial charge is 0.350 e. The first kappa shape index (κ1) is 10.7. The maximum absolute atomic E-state index is 11.8. The normalized spacial score (nSPS) is 48.9. The number of ether oxygens (including phenoxy) is 2. The van der Waals surface area contributed by atoms with Gasteiger partial charge < -0.3 is 9.47 Å². The molecule has 0 bridgehead atoms. The standard InChI is InChI=1S/C13H20O3/c1-12-4-3-5-13(2,9(12)8-10(12)14)11-15-6-7-16-11/h9,11H,3-8H2,1-2H3/t9-,12-,13-/m0/s1. The number of hydrogen-bond acceptors (Lipinski definition) is 3. The Labute approximate surface area is 96.5 Å². The van der Waals surface area contributed by atoms with Gasteiger partial charge in [0.05, 0.1) is 13.2 Å². The lowest BCUT2D eigenvalue weighted by molar-refractivity contribution is -0.209. The van der Waals surface area contributed by atoms with Crippen molar-refractivity contribution in [1.82, 2.24) is 0 Å². The number of carbonyl (C=O) groups excluding carboxylic acids is 1. The van der Waals surface area contributed by atoms with E-state index in [1.54, 1.807) is 0 Å². The molecule has 0 spiro atoms. The monoisotopic (exact) mass is 224 g/mol. The molecule has 3 fully saturated rings. The van der Waals surface area contributed by atoms with Crippen molar-refractivity contribution in [2.45, 2.75) is 45.8 Å². The summed E-state index contributed by atoms with van der Waals surface area (Å²) in [5.41, 5.74) is -0.0281. The van der Waals surface area contributed by atoms with Gasteiger partial charge >= 0.3 is 0 Å². The van der Waals surface area contributed by atoms with E-state index in [0.717, 1.165) is 25.7 Å². The van der Waals surface area contributed by atoms with Gasteiger partial charge in [0.2, 0.25) is 0 Å². The Balaban J connectivity index is 1.87. The van der Waals surface area contributed by atoms with Crippen molar-refractivity contribution in [2.75, 3.05) is 13.2 Å². The zero-order chi connectivity index (χ0) is 11.4. The van der Waals surface area contributed by atoms with Gasteiger partial charge in [0.25, 0.3) is 0 Å². The summed E-state index contributed by atoms with van der Waals surface area (Å²) in [6, 6.07) is 0. The van der Waals surface area contributed by atoms with Crippen molar-refractivity contribution < 1.29 is 14.3 Å². The predicted molar refractivity (Wildman–Crippen MR) is 58.9 cm³/mol. The second-order valence-corrected chi connectivity index (χ2v) is 6.03. The molecule has 0 unspecified atom stereocenters. The van der Waals surface area contributed by atoms with Crippen LogP contribution in [0.1, 0.15) is 39.5 Å². The highest BCUT2D eigenvalue weighted by Gasteiger charge is 2.63. The van der Waals surface area contributed by atoms with E-state index >= 15 is 0 Å². The Morgan fingerprint density at radius 1 is 1.19 bits per heavy atom. The maximum Gasteiger partial charge on any atom is 0.163 e. The van der Waals surface area contributed by atoms with Gasteiger partial charge in [-0.15, -0.1) is 0 Å². The number of Topliss-reactive ketones (excluding diaryl/α,β-unsaturated/α-hetero) is 1. The molecule has 0 N–H and O–H groups in total. The van der Waals surface area contributed by atoms with Gasteiger partial charge in [-0.25, -0.2) is 0 Å². The van der Waals surface area contributed by atoms with Gasteiger partial charge in [-0.3, -0.25) is 4.79 Å². The molecule has 3 rings (SSSR count). The summed E-state index contributed by atoms with van der Waals surface area (Å²) < 4.78 is 11.4. The van der Waals surface area contributed by atoms with E-state index in [1.165, 1.54) is 0 Å². The Hall–Kier alpha value is -0.410. The summed E-state index contributed by atoms with van der Waals surface area (Å²) in [4.78, 5) is 11.8.